The number of benzene rings is 1. The molecule has 0 heterocycles. The summed E-state index contributed by atoms with van der Waals surface area (Å²) < 4.78 is 5.36. The van der Waals surface area contributed by atoms with E-state index in [1.165, 1.54) is 64.2 Å². The van der Waals surface area contributed by atoms with E-state index in [1.807, 2.05) is 19.1 Å². The number of ether oxygens (including phenoxy) is 1. The molecule has 2 atom stereocenters. The third kappa shape index (κ3) is 14.9. The lowest BCUT2D eigenvalue weighted by Gasteiger charge is -2.22. The Labute approximate surface area is 207 Å². The van der Waals surface area contributed by atoms with Crippen LogP contribution in [-0.2, 0) is 9.53 Å². The third-order valence-electron chi connectivity index (χ3n) is 5.95. The maximum atomic E-state index is 12.2. The molecule has 0 fully saturated rings. The van der Waals surface area contributed by atoms with Gasteiger partial charge in [-0.1, -0.05) is 108 Å². The van der Waals surface area contributed by atoms with Gasteiger partial charge < -0.3 is 15.2 Å². The standard InChI is InChI=1S/C29H47NO4/c1-3-5-6-7-8-9-10-11-12-13-14-15-19-23-27(31)26(30-28(32)20-4-2)24-34-29(33)25-21-17-16-18-22-25/h16-19,21-23,26-27,31H,3-15,20,24H2,1-2H3,(H,30,32)/b23-19+/t26-,27+/m0/s1. The summed E-state index contributed by atoms with van der Waals surface area (Å²) in [5.41, 5.74) is 0.447. The van der Waals surface area contributed by atoms with Crippen LogP contribution in [0.3, 0.4) is 0 Å². The van der Waals surface area contributed by atoms with Crippen molar-refractivity contribution in [3.8, 4) is 0 Å². The van der Waals surface area contributed by atoms with Gasteiger partial charge in [0.05, 0.1) is 17.7 Å². The van der Waals surface area contributed by atoms with Crippen LogP contribution in [-0.4, -0.2) is 35.7 Å². The minimum atomic E-state index is -0.905. The fraction of sp³-hybridized carbons (Fsp3) is 0.655. The van der Waals surface area contributed by atoms with Gasteiger partial charge in [-0.2, -0.15) is 0 Å². The molecule has 5 heteroatoms. The van der Waals surface area contributed by atoms with Crippen LogP contribution in [0.4, 0.5) is 0 Å². The molecule has 1 amide bonds. The van der Waals surface area contributed by atoms with Crippen molar-refractivity contribution in [2.45, 2.75) is 116 Å². The fourth-order valence-electron chi connectivity index (χ4n) is 3.85. The van der Waals surface area contributed by atoms with Crippen molar-refractivity contribution in [3.05, 3.63) is 48.0 Å². The van der Waals surface area contributed by atoms with Crippen molar-refractivity contribution < 1.29 is 19.4 Å². The Morgan fingerprint density at radius 2 is 1.47 bits per heavy atom. The van der Waals surface area contributed by atoms with Gasteiger partial charge in [0.2, 0.25) is 5.91 Å². The monoisotopic (exact) mass is 473 g/mol. The summed E-state index contributed by atoms with van der Waals surface area (Å²) in [5.74, 6) is -0.617. The summed E-state index contributed by atoms with van der Waals surface area (Å²) in [6, 6.07) is 8.05. The van der Waals surface area contributed by atoms with Gasteiger partial charge in [0.15, 0.2) is 0 Å². The van der Waals surface area contributed by atoms with E-state index in [9.17, 15) is 14.7 Å². The topological polar surface area (TPSA) is 75.6 Å². The quantitative estimate of drug-likeness (QED) is 0.125. The van der Waals surface area contributed by atoms with Gasteiger partial charge in [0.25, 0.3) is 0 Å². The van der Waals surface area contributed by atoms with Gasteiger partial charge in [-0.15, -0.1) is 0 Å². The van der Waals surface area contributed by atoms with Crippen LogP contribution < -0.4 is 5.32 Å². The predicted molar refractivity (Wildman–Crippen MR) is 140 cm³/mol. The number of aliphatic hydroxyl groups excluding tert-OH is 1. The maximum absolute atomic E-state index is 12.2. The number of hydrogen-bond donors (Lipinski definition) is 2. The van der Waals surface area contributed by atoms with Crippen LogP contribution >= 0.6 is 0 Å². The Bertz CT molecular complexity index is 674. The molecule has 0 aliphatic carbocycles. The Morgan fingerprint density at radius 1 is 0.882 bits per heavy atom. The third-order valence-corrected chi connectivity index (χ3v) is 5.95. The number of carbonyl (C=O) groups is 2. The van der Waals surface area contributed by atoms with E-state index in [-0.39, 0.29) is 12.5 Å². The molecule has 1 aromatic rings. The lowest BCUT2D eigenvalue weighted by molar-refractivity contribution is -0.122. The molecule has 0 bridgehead atoms. The zero-order valence-corrected chi connectivity index (χ0v) is 21.5. The number of aliphatic hydroxyl groups is 1. The minimum Gasteiger partial charge on any atom is -0.460 e. The Balaban J connectivity index is 2.30. The van der Waals surface area contributed by atoms with Crippen LogP contribution in [0.15, 0.2) is 42.5 Å². The summed E-state index contributed by atoms with van der Waals surface area (Å²) in [7, 11) is 0. The van der Waals surface area contributed by atoms with Crippen molar-refractivity contribution in [2.24, 2.45) is 0 Å². The molecule has 1 rings (SSSR count). The van der Waals surface area contributed by atoms with Gasteiger partial charge in [-0.05, 0) is 31.4 Å². The first-order valence-corrected chi connectivity index (χ1v) is 13.4. The normalized spacial score (nSPS) is 13.0. The summed E-state index contributed by atoms with van der Waals surface area (Å²) in [6.07, 6.45) is 19.1. The Hall–Kier alpha value is -2.14. The fourth-order valence-corrected chi connectivity index (χ4v) is 3.85. The number of nitrogens with one attached hydrogen (secondary N) is 1. The number of hydrogen-bond acceptors (Lipinski definition) is 4. The number of esters is 1. The molecule has 2 N–H and O–H groups in total. The van der Waals surface area contributed by atoms with Crippen LogP contribution in [0.2, 0.25) is 0 Å². The van der Waals surface area contributed by atoms with E-state index in [0.29, 0.717) is 18.4 Å². The minimum absolute atomic E-state index is 0.0763. The molecular formula is C29H47NO4. The summed E-state index contributed by atoms with van der Waals surface area (Å²) in [4.78, 5) is 24.3. The highest BCUT2D eigenvalue weighted by atomic mass is 16.5. The van der Waals surface area contributed by atoms with Gasteiger partial charge >= 0.3 is 5.97 Å². The Kier molecular flexibility index (Phi) is 17.8. The van der Waals surface area contributed by atoms with E-state index in [2.05, 4.69) is 12.2 Å². The van der Waals surface area contributed by atoms with Crippen LogP contribution in [0.5, 0.6) is 0 Å². The molecule has 0 unspecified atom stereocenters. The summed E-state index contributed by atoms with van der Waals surface area (Å²) in [5, 5.41) is 13.4. The molecule has 0 spiro atoms. The summed E-state index contributed by atoms with van der Waals surface area (Å²) in [6.45, 7) is 4.10. The maximum Gasteiger partial charge on any atom is 0.338 e. The number of amides is 1. The molecular weight excluding hydrogens is 426 g/mol. The lowest BCUT2D eigenvalue weighted by Crippen LogP contribution is -2.46. The van der Waals surface area contributed by atoms with Crippen molar-refractivity contribution in [1.82, 2.24) is 5.32 Å². The van der Waals surface area contributed by atoms with Gasteiger partial charge in [0, 0.05) is 6.42 Å². The number of rotatable bonds is 20. The van der Waals surface area contributed by atoms with Crippen LogP contribution in [0.25, 0.3) is 0 Å². The smallest absolute Gasteiger partial charge is 0.338 e. The number of allylic oxidation sites excluding steroid dienone is 1. The first-order valence-electron chi connectivity index (χ1n) is 13.4. The molecule has 0 aliphatic rings. The van der Waals surface area contributed by atoms with Gasteiger partial charge in [-0.3, -0.25) is 4.79 Å². The van der Waals surface area contributed by atoms with Crippen molar-refractivity contribution in [2.75, 3.05) is 6.61 Å². The number of unbranched alkanes of at least 4 members (excludes halogenated alkanes) is 11. The highest BCUT2D eigenvalue weighted by Gasteiger charge is 2.21. The van der Waals surface area contributed by atoms with Gasteiger partial charge in [0.1, 0.15) is 6.61 Å². The average Bonchev–Trinajstić information content (AvgIpc) is 2.85. The van der Waals surface area contributed by atoms with Crippen molar-refractivity contribution >= 4 is 11.9 Å². The van der Waals surface area contributed by atoms with Crippen molar-refractivity contribution in [1.29, 1.82) is 0 Å². The molecule has 0 radical (unpaired) electrons. The predicted octanol–water partition coefficient (Wildman–Crippen LogP) is 6.75. The second-order valence-corrected chi connectivity index (χ2v) is 9.13. The zero-order chi connectivity index (χ0) is 24.9. The van der Waals surface area contributed by atoms with Crippen LogP contribution in [0.1, 0.15) is 114 Å². The molecule has 0 saturated heterocycles. The SMILES string of the molecule is CCCCCCCCCCCCC/C=C/[C@@H](O)[C@H](COC(=O)c1ccccc1)NC(=O)CCC. The Morgan fingerprint density at radius 3 is 2.06 bits per heavy atom. The van der Waals surface area contributed by atoms with E-state index in [4.69, 9.17) is 4.74 Å². The molecule has 1 aromatic carbocycles. The molecule has 0 aromatic heterocycles. The van der Waals surface area contributed by atoms with Crippen LogP contribution in [0, 0.1) is 0 Å². The molecule has 0 saturated carbocycles. The van der Waals surface area contributed by atoms with Crippen molar-refractivity contribution in [3.63, 3.8) is 0 Å². The highest BCUT2D eigenvalue weighted by molar-refractivity contribution is 5.89. The molecule has 5 nitrogen and oxygen atoms in total. The number of carbonyl (C=O) groups excluding carboxylic acids is 2. The molecule has 192 valence electrons. The first kappa shape index (κ1) is 29.9. The summed E-state index contributed by atoms with van der Waals surface area (Å²) >= 11 is 0. The lowest BCUT2D eigenvalue weighted by atomic mass is 10.0. The second kappa shape index (κ2) is 20.3. The first-order chi connectivity index (χ1) is 16.6. The molecule has 34 heavy (non-hydrogen) atoms. The molecule has 0 aliphatic heterocycles. The largest absolute Gasteiger partial charge is 0.460 e. The van der Waals surface area contributed by atoms with E-state index < -0.39 is 18.1 Å². The van der Waals surface area contributed by atoms with E-state index in [1.54, 1.807) is 30.3 Å². The second-order valence-electron chi connectivity index (χ2n) is 9.13. The average molecular weight is 474 g/mol. The van der Waals surface area contributed by atoms with E-state index >= 15 is 0 Å². The zero-order valence-electron chi connectivity index (χ0n) is 21.5. The van der Waals surface area contributed by atoms with E-state index in [0.717, 1.165) is 12.8 Å². The van der Waals surface area contributed by atoms with Gasteiger partial charge in [-0.25, -0.2) is 4.79 Å². The highest BCUT2D eigenvalue weighted by Crippen LogP contribution is 2.12.